The van der Waals surface area contributed by atoms with Crippen LogP contribution < -0.4 is 0 Å². The van der Waals surface area contributed by atoms with E-state index in [1.807, 2.05) is 0 Å². The van der Waals surface area contributed by atoms with Crippen molar-refractivity contribution in [3.8, 4) is 0 Å². The highest BCUT2D eigenvalue weighted by Crippen LogP contribution is 2.25. The van der Waals surface area contributed by atoms with Crippen molar-refractivity contribution >= 4 is 0 Å². The van der Waals surface area contributed by atoms with E-state index in [1.54, 1.807) is 7.11 Å². The van der Waals surface area contributed by atoms with Gasteiger partial charge in [-0.25, -0.2) is 0 Å². The lowest BCUT2D eigenvalue weighted by atomic mass is 9.95. The zero-order chi connectivity index (χ0) is 10.5. The molecular weight excluding hydrogens is 192 g/mol. The lowest BCUT2D eigenvalue weighted by Crippen LogP contribution is -2.12. The molecule has 2 rings (SSSR count). The van der Waals surface area contributed by atoms with E-state index >= 15 is 0 Å². The second-order valence-corrected chi connectivity index (χ2v) is 3.83. The third-order valence-electron chi connectivity index (χ3n) is 2.83. The monoisotopic (exact) mass is 210 g/mol. The van der Waals surface area contributed by atoms with Gasteiger partial charge in [0, 0.05) is 5.92 Å². The smallest absolute Gasteiger partial charge is 0.157 e. The number of hydrogen-bond acceptors (Lipinski definition) is 3. The maximum absolute atomic E-state index is 5.41. The number of methoxy groups -OCH3 is 1. The van der Waals surface area contributed by atoms with E-state index in [0.29, 0.717) is 5.92 Å². The first-order valence-electron chi connectivity index (χ1n) is 5.54. The highest BCUT2D eigenvalue weighted by Gasteiger charge is 2.20. The van der Waals surface area contributed by atoms with Crippen LogP contribution in [0, 0.1) is 5.92 Å². The topological polar surface area (TPSA) is 27.7 Å². The summed E-state index contributed by atoms with van der Waals surface area (Å²) in [6.07, 6.45) is 9.49. The molecule has 3 heteroatoms. The van der Waals surface area contributed by atoms with Gasteiger partial charge >= 0.3 is 0 Å². The van der Waals surface area contributed by atoms with Gasteiger partial charge in [-0.05, 0) is 25.3 Å². The minimum absolute atomic E-state index is 0.00145. The van der Waals surface area contributed by atoms with Crippen molar-refractivity contribution < 1.29 is 14.2 Å². The lowest BCUT2D eigenvalue weighted by molar-refractivity contribution is -0.0494. The van der Waals surface area contributed by atoms with Gasteiger partial charge in [-0.1, -0.05) is 12.2 Å². The van der Waals surface area contributed by atoms with E-state index in [2.05, 4.69) is 18.2 Å². The van der Waals surface area contributed by atoms with Gasteiger partial charge in [0.2, 0.25) is 0 Å². The van der Waals surface area contributed by atoms with Gasteiger partial charge < -0.3 is 14.2 Å². The first kappa shape index (κ1) is 10.7. The van der Waals surface area contributed by atoms with Crippen LogP contribution in [-0.4, -0.2) is 26.6 Å². The molecule has 0 saturated carbocycles. The number of ether oxygens (including phenoxy) is 3. The number of rotatable bonds is 4. The molecule has 0 bridgehead atoms. The fourth-order valence-electron chi connectivity index (χ4n) is 2.04. The van der Waals surface area contributed by atoms with Crippen LogP contribution in [0.1, 0.15) is 19.3 Å². The summed E-state index contributed by atoms with van der Waals surface area (Å²) in [4.78, 5) is 0. The Hall–Kier alpha value is -0.800. The van der Waals surface area contributed by atoms with E-state index in [9.17, 15) is 0 Å². The molecule has 15 heavy (non-hydrogen) atoms. The number of allylic oxidation sites excluding steroid dienone is 3. The second kappa shape index (κ2) is 5.33. The first-order valence-corrected chi connectivity index (χ1v) is 5.54. The van der Waals surface area contributed by atoms with Crippen molar-refractivity contribution in [3.63, 3.8) is 0 Å². The van der Waals surface area contributed by atoms with E-state index in [1.165, 1.54) is 0 Å². The zero-order valence-corrected chi connectivity index (χ0v) is 9.15. The highest BCUT2D eigenvalue weighted by atomic mass is 16.7. The average molecular weight is 210 g/mol. The molecule has 0 aromatic heterocycles. The van der Waals surface area contributed by atoms with Crippen LogP contribution in [0.5, 0.6) is 0 Å². The summed E-state index contributed by atoms with van der Waals surface area (Å²) in [7, 11) is 1.74. The summed E-state index contributed by atoms with van der Waals surface area (Å²) < 4.78 is 16.2. The molecule has 0 aromatic carbocycles. The van der Waals surface area contributed by atoms with Gasteiger partial charge in [0.05, 0.1) is 26.1 Å². The van der Waals surface area contributed by atoms with Crippen LogP contribution in [0.25, 0.3) is 0 Å². The Bertz CT molecular complexity index is 252. The fourth-order valence-corrected chi connectivity index (χ4v) is 2.04. The predicted molar refractivity (Wildman–Crippen MR) is 57.3 cm³/mol. The van der Waals surface area contributed by atoms with Crippen molar-refractivity contribution in [1.29, 1.82) is 0 Å². The summed E-state index contributed by atoms with van der Waals surface area (Å²) in [5.41, 5.74) is 0. The van der Waals surface area contributed by atoms with Crippen molar-refractivity contribution in [2.75, 3.05) is 20.3 Å². The predicted octanol–water partition coefficient (Wildman–Crippen LogP) is 2.25. The summed E-state index contributed by atoms with van der Waals surface area (Å²) in [6, 6.07) is 0. The SMILES string of the molecule is COC1=CCC=CC1CCC1OCCO1. The highest BCUT2D eigenvalue weighted by molar-refractivity contribution is 5.14. The molecule has 3 nitrogen and oxygen atoms in total. The van der Waals surface area contributed by atoms with E-state index in [4.69, 9.17) is 14.2 Å². The van der Waals surface area contributed by atoms with Crippen molar-refractivity contribution in [1.82, 2.24) is 0 Å². The molecule has 1 heterocycles. The van der Waals surface area contributed by atoms with Crippen LogP contribution in [-0.2, 0) is 14.2 Å². The molecule has 0 aromatic rings. The molecular formula is C12H18O3. The summed E-state index contributed by atoms with van der Waals surface area (Å²) in [5, 5.41) is 0. The van der Waals surface area contributed by atoms with E-state index in [-0.39, 0.29) is 6.29 Å². The molecule has 1 saturated heterocycles. The van der Waals surface area contributed by atoms with Crippen LogP contribution in [0.2, 0.25) is 0 Å². The van der Waals surface area contributed by atoms with Crippen molar-refractivity contribution in [2.45, 2.75) is 25.6 Å². The average Bonchev–Trinajstić information content (AvgIpc) is 2.79. The Morgan fingerprint density at radius 1 is 1.33 bits per heavy atom. The summed E-state index contributed by atoms with van der Waals surface area (Å²) in [6.45, 7) is 1.47. The van der Waals surface area contributed by atoms with Crippen molar-refractivity contribution in [2.24, 2.45) is 5.92 Å². The summed E-state index contributed by atoms with van der Waals surface area (Å²) in [5.74, 6) is 1.48. The lowest BCUT2D eigenvalue weighted by Gasteiger charge is -2.19. The van der Waals surface area contributed by atoms with Crippen LogP contribution >= 0.6 is 0 Å². The van der Waals surface area contributed by atoms with Gasteiger partial charge in [-0.3, -0.25) is 0 Å². The quantitative estimate of drug-likeness (QED) is 0.666. The molecule has 1 aliphatic carbocycles. The first-order chi connectivity index (χ1) is 7.40. The van der Waals surface area contributed by atoms with Gasteiger partial charge in [-0.2, -0.15) is 0 Å². The Labute approximate surface area is 90.7 Å². The normalized spacial score (nSPS) is 26.7. The third-order valence-corrected chi connectivity index (χ3v) is 2.83. The molecule has 1 aliphatic heterocycles. The maximum atomic E-state index is 5.41. The van der Waals surface area contributed by atoms with Crippen molar-refractivity contribution in [3.05, 3.63) is 24.0 Å². The maximum Gasteiger partial charge on any atom is 0.157 e. The molecule has 0 spiro atoms. The zero-order valence-electron chi connectivity index (χ0n) is 9.15. The van der Waals surface area contributed by atoms with Crippen LogP contribution in [0.4, 0.5) is 0 Å². The molecule has 84 valence electrons. The Morgan fingerprint density at radius 3 is 2.87 bits per heavy atom. The van der Waals surface area contributed by atoms with Gasteiger partial charge in [-0.15, -0.1) is 0 Å². The van der Waals surface area contributed by atoms with Gasteiger partial charge in [0.25, 0.3) is 0 Å². The summed E-state index contributed by atoms with van der Waals surface area (Å²) >= 11 is 0. The standard InChI is InChI=1S/C12H18O3/c1-13-11-5-3-2-4-10(11)6-7-12-14-8-9-15-12/h2,4-5,10,12H,3,6-9H2,1H3. The largest absolute Gasteiger partial charge is 0.501 e. The minimum Gasteiger partial charge on any atom is -0.501 e. The van der Waals surface area contributed by atoms with E-state index < -0.39 is 0 Å². The molecule has 1 atom stereocenters. The molecule has 1 fully saturated rings. The molecule has 2 aliphatic rings. The molecule has 0 N–H and O–H groups in total. The fraction of sp³-hybridized carbons (Fsp3) is 0.667. The van der Waals surface area contributed by atoms with E-state index in [0.717, 1.165) is 38.2 Å². The Kier molecular flexibility index (Phi) is 3.80. The number of hydrogen-bond donors (Lipinski definition) is 0. The van der Waals surface area contributed by atoms with Gasteiger partial charge in [0.1, 0.15) is 0 Å². The molecule has 0 amide bonds. The third kappa shape index (κ3) is 2.83. The molecule has 0 radical (unpaired) electrons. The van der Waals surface area contributed by atoms with Crippen LogP contribution in [0.3, 0.4) is 0 Å². The van der Waals surface area contributed by atoms with Crippen LogP contribution in [0.15, 0.2) is 24.0 Å². The van der Waals surface area contributed by atoms with Gasteiger partial charge in [0.15, 0.2) is 6.29 Å². The minimum atomic E-state index is -0.00145. The second-order valence-electron chi connectivity index (χ2n) is 3.83. The Morgan fingerprint density at radius 2 is 2.13 bits per heavy atom. The molecule has 1 unspecified atom stereocenters. The Balaban J connectivity index is 1.79.